The fourth-order valence-corrected chi connectivity index (χ4v) is 2.56. The molecular formula is C11H19NO4. The summed E-state index contributed by atoms with van der Waals surface area (Å²) in [7, 11) is 0. The Morgan fingerprint density at radius 2 is 2.12 bits per heavy atom. The Bertz CT molecular complexity index is 263. The summed E-state index contributed by atoms with van der Waals surface area (Å²) in [5, 5.41) is 10.4. The summed E-state index contributed by atoms with van der Waals surface area (Å²) in [6.45, 7) is 2.33. The van der Waals surface area contributed by atoms with Crippen molar-refractivity contribution >= 4 is 0 Å². The van der Waals surface area contributed by atoms with E-state index in [1.807, 2.05) is 6.92 Å². The summed E-state index contributed by atoms with van der Waals surface area (Å²) in [6, 6.07) is 0. The van der Waals surface area contributed by atoms with Gasteiger partial charge in [0.2, 0.25) is 6.54 Å². The van der Waals surface area contributed by atoms with Gasteiger partial charge < -0.3 is 9.47 Å². The number of nitro groups is 1. The van der Waals surface area contributed by atoms with Crippen LogP contribution in [-0.4, -0.2) is 30.0 Å². The van der Waals surface area contributed by atoms with E-state index in [4.69, 9.17) is 9.47 Å². The van der Waals surface area contributed by atoms with Gasteiger partial charge in [0.25, 0.3) is 0 Å². The normalized spacial score (nSPS) is 30.4. The highest BCUT2D eigenvalue weighted by atomic mass is 16.7. The molecule has 0 radical (unpaired) electrons. The van der Waals surface area contributed by atoms with E-state index < -0.39 is 5.79 Å². The van der Waals surface area contributed by atoms with Gasteiger partial charge in [0, 0.05) is 23.7 Å². The van der Waals surface area contributed by atoms with E-state index >= 15 is 0 Å². The Hall–Kier alpha value is -0.680. The predicted molar refractivity (Wildman–Crippen MR) is 57.7 cm³/mol. The lowest BCUT2D eigenvalue weighted by atomic mass is 9.94. The topological polar surface area (TPSA) is 61.6 Å². The second-order valence-corrected chi connectivity index (χ2v) is 4.93. The molecule has 0 amide bonds. The molecular weight excluding hydrogens is 210 g/mol. The van der Waals surface area contributed by atoms with E-state index in [0.717, 1.165) is 25.7 Å². The standard InChI is InChI=1S/C11H19NO4/c1-9(7-12(13)14)10-8-15-11(16-10)5-3-2-4-6-11/h9-10H,2-8H2,1H3. The molecule has 5 heteroatoms. The molecule has 16 heavy (non-hydrogen) atoms. The molecule has 2 rings (SSSR count). The van der Waals surface area contributed by atoms with Crippen molar-refractivity contribution in [2.45, 2.75) is 50.9 Å². The fraction of sp³-hybridized carbons (Fsp3) is 1.00. The molecule has 2 aliphatic rings. The lowest BCUT2D eigenvalue weighted by molar-refractivity contribution is -0.489. The van der Waals surface area contributed by atoms with Crippen LogP contribution in [-0.2, 0) is 9.47 Å². The second kappa shape index (κ2) is 4.67. The molecule has 1 saturated carbocycles. The molecule has 1 spiro atoms. The summed E-state index contributed by atoms with van der Waals surface area (Å²) in [4.78, 5) is 10.2. The molecule has 2 fully saturated rings. The van der Waals surface area contributed by atoms with Crippen molar-refractivity contribution in [3.8, 4) is 0 Å². The Balaban J connectivity index is 1.89. The van der Waals surface area contributed by atoms with Crippen molar-refractivity contribution in [2.24, 2.45) is 5.92 Å². The summed E-state index contributed by atoms with van der Waals surface area (Å²) in [5.41, 5.74) is 0. The molecule has 92 valence electrons. The quantitative estimate of drug-likeness (QED) is 0.548. The van der Waals surface area contributed by atoms with Crippen LogP contribution in [0.4, 0.5) is 0 Å². The zero-order valence-corrected chi connectivity index (χ0v) is 9.68. The number of rotatable bonds is 3. The first-order chi connectivity index (χ1) is 7.61. The molecule has 1 saturated heterocycles. The minimum atomic E-state index is -0.409. The van der Waals surface area contributed by atoms with Crippen LogP contribution in [0, 0.1) is 16.0 Å². The van der Waals surface area contributed by atoms with Crippen LogP contribution in [0.15, 0.2) is 0 Å². The van der Waals surface area contributed by atoms with Crippen LogP contribution >= 0.6 is 0 Å². The molecule has 0 aromatic rings. The van der Waals surface area contributed by atoms with Gasteiger partial charge in [-0.3, -0.25) is 10.1 Å². The van der Waals surface area contributed by atoms with E-state index in [0.29, 0.717) is 6.61 Å². The predicted octanol–water partition coefficient (Wildman–Crippen LogP) is 1.97. The van der Waals surface area contributed by atoms with Gasteiger partial charge in [-0.15, -0.1) is 0 Å². The van der Waals surface area contributed by atoms with Crippen molar-refractivity contribution in [3.05, 3.63) is 10.1 Å². The molecule has 1 aliphatic heterocycles. The number of ether oxygens (including phenoxy) is 2. The average molecular weight is 229 g/mol. The highest BCUT2D eigenvalue weighted by molar-refractivity contribution is 4.84. The number of hydrogen-bond donors (Lipinski definition) is 0. The average Bonchev–Trinajstić information content (AvgIpc) is 2.62. The maximum Gasteiger partial charge on any atom is 0.208 e. The second-order valence-electron chi connectivity index (χ2n) is 4.93. The van der Waals surface area contributed by atoms with Crippen molar-refractivity contribution in [1.29, 1.82) is 0 Å². The largest absolute Gasteiger partial charge is 0.347 e. The van der Waals surface area contributed by atoms with Gasteiger partial charge in [-0.1, -0.05) is 13.3 Å². The molecule has 1 heterocycles. The third-order valence-corrected chi connectivity index (χ3v) is 3.56. The minimum Gasteiger partial charge on any atom is -0.347 e. The summed E-state index contributed by atoms with van der Waals surface area (Å²) in [6.07, 6.45) is 5.28. The molecule has 2 atom stereocenters. The monoisotopic (exact) mass is 229 g/mol. The van der Waals surface area contributed by atoms with E-state index in [1.54, 1.807) is 0 Å². The van der Waals surface area contributed by atoms with E-state index in [-0.39, 0.29) is 23.5 Å². The Morgan fingerprint density at radius 1 is 1.44 bits per heavy atom. The van der Waals surface area contributed by atoms with Crippen LogP contribution < -0.4 is 0 Å². The number of hydrogen-bond acceptors (Lipinski definition) is 4. The molecule has 0 aromatic heterocycles. The van der Waals surface area contributed by atoms with Gasteiger partial charge in [0.1, 0.15) is 0 Å². The molecule has 5 nitrogen and oxygen atoms in total. The molecule has 0 N–H and O–H groups in total. The molecule has 0 bridgehead atoms. The maximum absolute atomic E-state index is 10.4. The van der Waals surface area contributed by atoms with Crippen molar-refractivity contribution in [2.75, 3.05) is 13.2 Å². The summed E-state index contributed by atoms with van der Waals surface area (Å²) < 4.78 is 11.7. The minimum absolute atomic E-state index is 0.0376. The van der Waals surface area contributed by atoms with Crippen LogP contribution in [0.3, 0.4) is 0 Å². The molecule has 0 aromatic carbocycles. The van der Waals surface area contributed by atoms with Gasteiger partial charge in [0.05, 0.1) is 12.7 Å². The fourth-order valence-electron chi connectivity index (χ4n) is 2.56. The SMILES string of the molecule is CC(C[N+](=O)[O-])C1COC2(CCCCC2)O1. The van der Waals surface area contributed by atoms with Crippen LogP contribution in [0.1, 0.15) is 39.0 Å². The van der Waals surface area contributed by atoms with Gasteiger partial charge in [0.15, 0.2) is 5.79 Å². The van der Waals surface area contributed by atoms with Crippen LogP contribution in [0.5, 0.6) is 0 Å². The first kappa shape index (κ1) is 11.8. The Morgan fingerprint density at radius 3 is 2.75 bits per heavy atom. The third kappa shape index (κ3) is 2.52. The Labute approximate surface area is 95.3 Å². The lowest BCUT2D eigenvalue weighted by Crippen LogP contribution is -2.35. The number of nitrogens with zero attached hydrogens (tertiary/aromatic N) is 1. The van der Waals surface area contributed by atoms with E-state index in [2.05, 4.69) is 0 Å². The van der Waals surface area contributed by atoms with Gasteiger partial charge in [-0.2, -0.15) is 0 Å². The summed E-state index contributed by atoms with van der Waals surface area (Å²) >= 11 is 0. The first-order valence-electron chi connectivity index (χ1n) is 6.05. The third-order valence-electron chi connectivity index (χ3n) is 3.56. The Kier molecular flexibility index (Phi) is 3.44. The maximum atomic E-state index is 10.4. The van der Waals surface area contributed by atoms with Crippen molar-refractivity contribution in [1.82, 2.24) is 0 Å². The molecule has 1 aliphatic carbocycles. The zero-order valence-electron chi connectivity index (χ0n) is 9.68. The lowest BCUT2D eigenvalue weighted by Gasteiger charge is -2.32. The van der Waals surface area contributed by atoms with Crippen molar-refractivity contribution < 1.29 is 14.4 Å². The van der Waals surface area contributed by atoms with Gasteiger partial charge >= 0.3 is 0 Å². The smallest absolute Gasteiger partial charge is 0.208 e. The van der Waals surface area contributed by atoms with Crippen LogP contribution in [0.2, 0.25) is 0 Å². The summed E-state index contributed by atoms with van der Waals surface area (Å²) in [5.74, 6) is -0.482. The van der Waals surface area contributed by atoms with Gasteiger partial charge in [-0.25, -0.2) is 0 Å². The molecule has 2 unspecified atom stereocenters. The van der Waals surface area contributed by atoms with Gasteiger partial charge in [-0.05, 0) is 12.8 Å². The zero-order chi connectivity index (χ0) is 11.6. The van der Waals surface area contributed by atoms with Crippen LogP contribution in [0.25, 0.3) is 0 Å². The van der Waals surface area contributed by atoms with E-state index in [9.17, 15) is 10.1 Å². The van der Waals surface area contributed by atoms with E-state index in [1.165, 1.54) is 6.42 Å². The highest BCUT2D eigenvalue weighted by Crippen LogP contribution is 2.39. The highest BCUT2D eigenvalue weighted by Gasteiger charge is 2.44. The first-order valence-corrected chi connectivity index (χ1v) is 6.05. The van der Waals surface area contributed by atoms with Crippen molar-refractivity contribution in [3.63, 3.8) is 0 Å².